The standard InChI is InChI=1S/C11H9NOS2/c1-13-7-2-3-10-9(6-7)12-8-4-5-14-11(8)15-10/h2-6,12H,1H3. The largest absolute Gasteiger partial charge is 0.497 e. The molecule has 0 bridgehead atoms. The van der Waals surface area contributed by atoms with Crippen LogP contribution >= 0.6 is 23.1 Å². The average molecular weight is 235 g/mol. The highest BCUT2D eigenvalue weighted by atomic mass is 32.2. The van der Waals surface area contributed by atoms with E-state index in [1.54, 1.807) is 18.4 Å². The molecule has 0 fully saturated rings. The second kappa shape index (κ2) is 3.47. The Morgan fingerprint density at radius 1 is 1.20 bits per heavy atom. The number of nitrogens with one attached hydrogen (secondary N) is 1. The van der Waals surface area contributed by atoms with Crippen LogP contribution in [0.4, 0.5) is 11.4 Å². The lowest BCUT2D eigenvalue weighted by Gasteiger charge is -2.18. The molecule has 0 amide bonds. The molecule has 0 saturated heterocycles. The zero-order chi connectivity index (χ0) is 10.3. The van der Waals surface area contributed by atoms with Crippen LogP contribution in [0.1, 0.15) is 0 Å². The van der Waals surface area contributed by atoms with Crippen molar-refractivity contribution >= 4 is 34.5 Å². The van der Waals surface area contributed by atoms with Crippen molar-refractivity contribution in [3.63, 3.8) is 0 Å². The van der Waals surface area contributed by atoms with Crippen LogP contribution in [0.15, 0.2) is 38.8 Å². The molecule has 0 spiro atoms. The summed E-state index contributed by atoms with van der Waals surface area (Å²) in [6, 6.07) is 8.22. The maximum atomic E-state index is 5.20. The smallest absolute Gasteiger partial charge is 0.121 e. The van der Waals surface area contributed by atoms with E-state index in [4.69, 9.17) is 4.74 Å². The number of hydrogen-bond donors (Lipinski definition) is 1. The second-order valence-electron chi connectivity index (χ2n) is 3.21. The Labute approximate surface area is 96.3 Å². The third-order valence-corrected chi connectivity index (χ3v) is 4.51. The van der Waals surface area contributed by atoms with Gasteiger partial charge >= 0.3 is 0 Å². The normalized spacial score (nSPS) is 12.6. The Balaban J connectivity index is 2.06. The van der Waals surface area contributed by atoms with E-state index < -0.39 is 0 Å². The molecule has 2 heterocycles. The van der Waals surface area contributed by atoms with E-state index in [2.05, 4.69) is 22.8 Å². The van der Waals surface area contributed by atoms with Crippen molar-refractivity contribution in [2.24, 2.45) is 0 Å². The number of hydrogen-bond acceptors (Lipinski definition) is 4. The van der Waals surface area contributed by atoms with Gasteiger partial charge in [-0.2, -0.15) is 0 Å². The van der Waals surface area contributed by atoms with E-state index in [9.17, 15) is 0 Å². The van der Waals surface area contributed by atoms with Gasteiger partial charge in [-0.05, 0) is 23.6 Å². The zero-order valence-electron chi connectivity index (χ0n) is 8.11. The van der Waals surface area contributed by atoms with E-state index in [-0.39, 0.29) is 0 Å². The SMILES string of the molecule is COc1ccc2c(c1)Nc1ccsc1S2. The highest BCUT2D eigenvalue weighted by molar-refractivity contribution is 8.01. The fourth-order valence-electron chi connectivity index (χ4n) is 1.53. The minimum absolute atomic E-state index is 0.889. The summed E-state index contributed by atoms with van der Waals surface area (Å²) in [6.45, 7) is 0. The molecule has 1 aliphatic heterocycles. The lowest BCUT2D eigenvalue weighted by atomic mass is 10.3. The third-order valence-electron chi connectivity index (χ3n) is 2.29. The molecule has 15 heavy (non-hydrogen) atoms. The summed E-state index contributed by atoms with van der Waals surface area (Å²) in [7, 11) is 1.69. The maximum absolute atomic E-state index is 5.20. The van der Waals surface area contributed by atoms with Gasteiger partial charge in [0.2, 0.25) is 0 Å². The van der Waals surface area contributed by atoms with Gasteiger partial charge in [0.1, 0.15) is 5.75 Å². The van der Waals surface area contributed by atoms with Gasteiger partial charge in [-0.1, -0.05) is 11.8 Å². The quantitative estimate of drug-likeness (QED) is 0.689. The molecule has 76 valence electrons. The van der Waals surface area contributed by atoms with Gasteiger partial charge < -0.3 is 10.1 Å². The molecule has 1 aromatic heterocycles. The van der Waals surface area contributed by atoms with Crippen molar-refractivity contribution in [2.45, 2.75) is 9.10 Å². The Bertz CT molecular complexity index is 507. The van der Waals surface area contributed by atoms with Crippen LogP contribution in [0.3, 0.4) is 0 Å². The molecule has 0 aliphatic carbocycles. The first kappa shape index (κ1) is 9.12. The first-order chi connectivity index (χ1) is 7.36. The second-order valence-corrected chi connectivity index (χ2v) is 5.44. The summed E-state index contributed by atoms with van der Waals surface area (Å²) in [5.74, 6) is 0.889. The minimum Gasteiger partial charge on any atom is -0.497 e. The van der Waals surface area contributed by atoms with Crippen LogP contribution in [0.5, 0.6) is 5.75 Å². The van der Waals surface area contributed by atoms with E-state index in [1.165, 1.54) is 14.8 Å². The van der Waals surface area contributed by atoms with Crippen LogP contribution in [0, 0.1) is 0 Å². The molecule has 0 radical (unpaired) electrons. The highest BCUT2D eigenvalue weighted by Crippen LogP contribution is 2.47. The molecule has 1 N–H and O–H groups in total. The summed E-state index contributed by atoms with van der Waals surface area (Å²) in [4.78, 5) is 1.26. The van der Waals surface area contributed by atoms with E-state index in [0.29, 0.717) is 0 Å². The Kier molecular flexibility index (Phi) is 2.11. The summed E-state index contributed by atoms with van der Waals surface area (Å²) in [5, 5.41) is 5.51. The fraction of sp³-hybridized carbons (Fsp3) is 0.0909. The monoisotopic (exact) mass is 235 g/mol. The van der Waals surface area contributed by atoms with Crippen LogP contribution in [-0.2, 0) is 0 Å². The molecule has 3 rings (SSSR count). The number of anilines is 2. The molecular formula is C11H9NOS2. The van der Waals surface area contributed by atoms with Gasteiger partial charge in [0, 0.05) is 11.0 Å². The van der Waals surface area contributed by atoms with Gasteiger partial charge in [-0.3, -0.25) is 0 Å². The minimum atomic E-state index is 0.889. The number of thiophene rings is 1. The van der Waals surface area contributed by atoms with Crippen molar-refractivity contribution in [1.29, 1.82) is 0 Å². The predicted octanol–water partition coefficient (Wildman–Crippen LogP) is 3.96. The maximum Gasteiger partial charge on any atom is 0.121 e. The zero-order valence-corrected chi connectivity index (χ0v) is 9.74. The topological polar surface area (TPSA) is 21.3 Å². The molecule has 0 saturated carbocycles. The molecule has 2 nitrogen and oxygen atoms in total. The van der Waals surface area contributed by atoms with E-state index in [1.807, 2.05) is 23.9 Å². The number of rotatable bonds is 1. The van der Waals surface area contributed by atoms with Crippen molar-refractivity contribution in [1.82, 2.24) is 0 Å². The number of methoxy groups -OCH3 is 1. The molecule has 1 aromatic carbocycles. The number of fused-ring (bicyclic) bond motifs is 2. The van der Waals surface area contributed by atoms with Crippen molar-refractivity contribution in [3.8, 4) is 5.75 Å². The number of benzene rings is 1. The third kappa shape index (κ3) is 1.50. The summed E-state index contributed by atoms with van der Waals surface area (Å²) >= 11 is 3.58. The molecular weight excluding hydrogens is 226 g/mol. The van der Waals surface area contributed by atoms with Crippen molar-refractivity contribution in [2.75, 3.05) is 12.4 Å². The van der Waals surface area contributed by atoms with Gasteiger partial charge in [-0.25, -0.2) is 0 Å². The summed E-state index contributed by atoms with van der Waals surface area (Å²) in [5.41, 5.74) is 2.33. The van der Waals surface area contributed by atoms with Crippen LogP contribution < -0.4 is 10.1 Å². The first-order valence-corrected chi connectivity index (χ1v) is 6.27. The molecule has 0 atom stereocenters. The summed E-state index contributed by atoms with van der Waals surface area (Å²) < 4.78 is 6.53. The van der Waals surface area contributed by atoms with Crippen LogP contribution in [-0.4, -0.2) is 7.11 Å². The molecule has 4 heteroatoms. The van der Waals surface area contributed by atoms with Crippen molar-refractivity contribution in [3.05, 3.63) is 29.6 Å². The highest BCUT2D eigenvalue weighted by Gasteiger charge is 2.16. The average Bonchev–Trinajstić information content (AvgIpc) is 2.72. The number of ether oxygens (including phenoxy) is 1. The summed E-state index contributed by atoms with van der Waals surface area (Å²) in [6.07, 6.45) is 0. The van der Waals surface area contributed by atoms with E-state index in [0.717, 1.165) is 11.4 Å². The Morgan fingerprint density at radius 2 is 2.13 bits per heavy atom. The van der Waals surface area contributed by atoms with Gasteiger partial charge in [0.05, 0.1) is 22.7 Å². The van der Waals surface area contributed by atoms with Crippen LogP contribution in [0.2, 0.25) is 0 Å². The Morgan fingerprint density at radius 3 is 3.00 bits per heavy atom. The fourth-order valence-corrected chi connectivity index (χ4v) is 3.52. The van der Waals surface area contributed by atoms with Gasteiger partial charge in [0.15, 0.2) is 0 Å². The van der Waals surface area contributed by atoms with Gasteiger partial charge in [0.25, 0.3) is 0 Å². The molecule has 1 aliphatic rings. The lowest BCUT2D eigenvalue weighted by Crippen LogP contribution is -1.97. The predicted molar refractivity (Wildman–Crippen MR) is 64.7 cm³/mol. The van der Waals surface area contributed by atoms with Crippen LogP contribution in [0.25, 0.3) is 0 Å². The van der Waals surface area contributed by atoms with E-state index >= 15 is 0 Å². The first-order valence-electron chi connectivity index (χ1n) is 4.57. The Hall–Kier alpha value is -1.13. The molecule has 0 unspecified atom stereocenters. The molecule has 2 aromatic rings. The van der Waals surface area contributed by atoms with Crippen molar-refractivity contribution < 1.29 is 4.74 Å². The van der Waals surface area contributed by atoms with Gasteiger partial charge in [-0.15, -0.1) is 11.3 Å². The lowest BCUT2D eigenvalue weighted by molar-refractivity contribution is 0.414.